The number of rotatable bonds is 5. The first-order valence-electron chi connectivity index (χ1n) is 7.99. The molecule has 0 amide bonds. The number of fused-ring (bicyclic) bond motifs is 2. The maximum absolute atomic E-state index is 6.28. The van der Waals surface area contributed by atoms with Crippen molar-refractivity contribution in [2.24, 2.45) is 0 Å². The van der Waals surface area contributed by atoms with Gasteiger partial charge in [0.15, 0.2) is 0 Å². The van der Waals surface area contributed by atoms with Crippen molar-refractivity contribution in [3.05, 3.63) is 54.1 Å². The Balaban J connectivity index is 1.96. The van der Waals surface area contributed by atoms with Crippen molar-refractivity contribution in [3.8, 4) is 0 Å². The summed E-state index contributed by atoms with van der Waals surface area (Å²) in [5.74, 6) is 0. The predicted octanol–water partition coefficient (Wildman–Crippen LogP) is 5.70. The van der Waals surface area contributed by atoms with Gasteiger partial charge in [-0.3, -0.25) is 0 Å². The summed E-state index contributed by atoms with van der Waals surface area (Å²) in [6.45, 7) is 2.25. The standard InChI is InChI=1S/C20H23N/c1-2-3-4-5-8-15-11-18-13-16-9-6-7-10-17(16)14-19(18)20(21)12-15/h6-7,9-14H,2-5,8,21H2,1H3. The van der Waals surface area contributed by atoms with Gasteiger partial charge >= 0.3 is 0 Å². The van der Waals surface area contributed by atoms with E-state index in [1.165, 1.54) is 52.8 Å². The first-order chi connectivity index (χ1) is 10.3. The quantitative estimate of drug-likeness (QED) is 0.361. The van der Waals surface area contributed by atoms with Gasteiger partial charge in [-0.1, -0.05) is 56.5 Å². The predicted molar refractivity (Wildman–Crippen MR) is 93.7 cm³/mol. The molecule has 0 aliphatic heterocycles. The van der Waals surface area contributed by atoms with E-state index in [2.05, 4.69) is 55.5 Å². The van der Waals surface area contributed by atoms with Gasteiger partial charge in [0.25, 0.3) is 0 Å². The smallest absolute Gasteiger partial charge is 0.0396 e. The van der Waals surface area contributed by atoms with Crippen molar-refractivity contribution in [1.29, 1.82) is 0 Å². The van der Waals surface area contributed by atoms with Crippen LogP contribution in [0.15, 0.2) is 48.5 Å². The van der Waals surface area contributed by atoms with E-state index in [4.69, 9.17) is 5.73 Å². The lowest BCUT2D eigenvalue weighted by Crippen LogP contribution is -1.92. The molecule has 3 aromatic carbocycles. The Bertz CT molecular complexity index is 758. The molecule has 0 radical (unpaired) electrons. The molecule has 21 heavy (non-hydrogen) atoms. The highest BCUT2D eigenvalue weighted by molar-refractivity contribution is 6.03. The van der Waals surface area contributed by atoms with Crippen molar-refractivity contribution in [2.75, 3.05) is 5.73 Å². The van der Waals surface area contributed by atoms with Crippen molar-refractivity contribution < 1.29 is 0 Å². The molecule has 1 nitrogen and oxygen atoms in total. The minimum atomic E-state index is 0.906. The van der Waals surface area contributed by atoms with E-state index in [1.54, 1.807) is 0 Å². The van der Waals surface area contributed by atoms with Crippen LogP contribution in [-0.2, 0) is 6.42 Å². The van der Waals surface area contributed by atoms with Crippen molar-refractivity contribution in [1.82, 2.24) is 0 Å². The third-order valence-corrected chi connectivity index (χ3v) is 4.23. The molecule has 108 valence electrons. The number of aryl methyl sites for hydroxylation is 1. The van der Waals surface area contributed by atoms with E-state index in [0.29, 0.717) is 0 Å². The van der Waals surface area contributed by atoms with Gasteiger partial charge in [-0.05, 0) is 52.8 Å². The zero-order valence-corrected chi connectivity index (χ0v) is 12.7. The molecule has 0 saturated heterocycles. The summed E-state index contributed by atoms with van der Waals surface area (Å²) in [5, 5.41) is 4.98. The van der Waals surface area contributed by atoms with Crippen molar-refractivity contribution in [3.63, 3.8) is 0 Å². The summed E-state index contributed by atoms with van der Waals surface area (Å²) in [6, 6.07) is 17.4. The average Bonchev–Trinajstić information content (AvgIpc) is 2.50. The van der Waals surface area contributed by atoms with Gasteiger partial charge in [0.1, 0.15) is 0 Å². The monoisotopic (exact) mass is 277 g/mol. The van der Waals surface area contributed by atoms with Crippen LogP contribution >= 0.6 is 0 Å². The molecule has 0 aliphatic rings. The molecular weight excluding hydrogens is 254 g/mol. The Morgan fingerprint density at radius 1 is 0.810 bits per heavy atom. The zero-order valence-electron chi connectivity index (χ0n) is 12.7. The van der Waals surface area contributed by atoms with E-state index in [-0.39, 0.29) is 0 Å². The second-order valence-electron chi connectivity index (χ2n) is 5.92. The Hall–Kier alpha value is -2.02. The molecular formula is C20H23N. The number of nitrogens with two attached hydrogens (primary N) is 1. The first kappa shape index (κ1) is 13.9. The molecule has 0 spiro atoms. The number of anilines is 1. The summed E-state index contributed by atoms with van der Waals surface area (Å²) in [5.41, 5.74) is 8.55. The molecule has 0 aliphatic carbocycles. The van der Waals surface area contributed by atoms with Crippen LogP contribution < -0.4 is 5.73 Å². The second-order valence-corrected chi connectivity index (χ2v) is 5.92. The van der Waals surface area contributed by atoms with Crippen LogP contribution in [0.1, 0.15) is 38.2 Å². The molecule has 0 aromatic heterocycles. The maximum Gasteiger partial charge on any atom is 0.0396 e. The number of benzene rings is 3. The Kier molecular flexibility index (Phi) is 4.10. The maximum atomic E-state index is 6.28. The zero-order chi connectivity index (χ0) is 14.7. The molecule has 0 fully saturated rings. The van der Waals surface area contributed by atoms with Crippen LogP contribution in [0.3, 0.4) is 0 Å². The van der Waals surface area contributed by atoms with E-state index < -0.39 is 0 Å². The van der Waals surface area contributed by atoms with Crippen LogP contribution in [0, 0.1) is 0 Å². The molecule has 0 unspecified atom stereocenters. The van der Waals surface area contributed by atoms with Crippen LogP contribution in [0.4, 0.5) is 5.69 Å². The molecule has 3 rings (SSSR count). The minimum Gasteiger partial charge on any atom is -0.398 e. The highest BCUT2D eigenvalue weighted by Crippen LogP contribution is 2.29. The molecule has 1 heteroatoms. The van der Waals surface area contributed by atoms with Gasteiger partial charge in [-0.25, -0.2) is 0 Å². The number of hydrogen-bond donors (Lipinski definition) is 1. The number of hydrogen-bond acceptors (Lipinski definition) is 1. The Morgan fingerprint density at radius 2 is 1.57 bits per heavy atom. The SMILES string of the molecule is CCCCCCc1cc(N)c2cc3ccccc3cc2c1. The van der Waals surface area contributed by atoms with Gasteiger partial charge in [-0.15, -0.1) is 0 Å². The van der Waals surface area contributed by atoms with Crippen molar-refractivity contribution in [2.45, 2.75) is 39.0 Å². The summed E-state index contributed by atoms with van der Waals surface area (Å²) in [6.07, 6.45) is 6.31. The lowest BCUT2D eigenvalue weighted by molar-refractivity contribution is 0.667. The fourth-order valence-electron chi connectivity index (χ4n) is 3.05. The fraction of sp³-hybridized carbons (Fsp3) is 0.300. The van der Waals surface area contributed by atoms with Gasteiger partial charge in [-0.2, -0.15) is 0 Å². The molecule has 0 saturated carbocycles. The fourth-order valence-corrected chi connectivity index (χ4v) is 3.05. The topological polar surface area (TPSA) is 26.0 Å². The van der Waals surface area contributed by atoms with Gasteiger partial charge in [0, 0.05) is 11.1 Å². The van der Waals surface area contributed by atoms with Crippen LogP contribution in [0.5, 0.6) is 0 Å². The van der Waals surface area contributed by atoms with Crippen LogP contribution in [0.25, 0.3) is 21.5 Å². The highest BCUT2D eigenvalue weighted by atomic mass is 14.5. The summed E-state index contributed by atoms with van der Waals surface area (Å²) < 4.78 is 0. The summed E-state index contributed by atoms with van der Waals surface area (Å²) >= 11 is 0. The van der Waals surface area contributed by atoms with Gasteiger partial charge < -0.3 is 5.73 Å². The second kappa shape index (κ2) is 6.17. The minimum absolute atomic E-state index is 0.906. The lowest BCUT2D eigenvalue weighted by atomic mass is 9.98. The largest absolute Gasteiger partial charge is 0.398 e. The van der Waals surface area contributed by atoms with Crippen LogP contribution in [0.2, 0.25) is 0 Å². The lowest BCUT2D eigenvalue weighted by Gasteiger charge is -2.09. The number of unbranched alkanes of at least 4 members (excludes halogenated alkanes) is 3. The summed E-state index contributed by atoms with van der Waals surface area (Å²) in [7, 11) is 0. The number of nitrogen functional groups attached to an aromatic ring is 1. The third-order valence-electron chi connectivity index (χ3n) is 4.23. The van der Waals surface area contributed by atoms with Crippen LogP contribution in [-0.4, -0.2) is 0 Å². The molecule has 0 bridgehead atoms. The normalized spacial score (nSPS) is 11.3. The van der Waals surface area contributed by atoms with E-state index in [0.717, 1.165) is 12.1 Å². The van der Waals surface area contributed by atoms with E-state index >= 15 is 0 Å². The third kappa shape index (κ3) is 3.02. The molecule has 2 N–H and O–H groups in total. The summed E-state index contributed by atoms with van der Waals surface area (Å²) in [4.78, 5) is 0. The molecule has 3 aromatic rings. The first-order valence-corrected chi connectivity index (χ1v) is 7.99. The van der Waals surface area contributed by atoms with Gasteiger partial charge in [0.2, 0.25) is 0 Å². The molecule has 0 atom stereocenters. The van der Waals surface area contributed by atoms with E-state index in [1.807, 2.05) is 0 Å². The Labute approximate surface area is 126 Å². The Morgan fingerprint density at radius 3 is 2.33 bits per heavy atom. The van der Waals surface area contributed by atoms with E-state index in [9.17, 15) is 0 Å². The molecule has 0 heterocycles. The van der Waals surface area contributed by atoms with Gasteiger partial charge in [0.05, 0.1) is 0 Å². The highest BCUT2D eigenvalue weighted by Gasteiger charge is 2.04. The van der Waals surface area contributed by atoms with Crippen molar-refractivity contribution >= 4 is 27.2 Å². The average molecular weight is 277 g/mol.